The van der Waals surface area contributed by atoms with E-state index >= 15 is 0 Å². The van der Waals surface area contributed by atoms with Gasteiger partial charge in [0, 0.05) is 24.1 Å². The molecule has 0 radical (unpaired) electrons. The second-order valence-corrected chi connectivity index (χ2v) is 5.96. The molecule has 1 saturated heterocycles. The lowest BCUT2D eigenvalue weighted by Crippen LogP contribution is -2.44. The fourth-order valence-electron chi connectivity index (χ4n) is 3.27. The second-order valence-electron chi connectivity index (χ2n) is 5.96. The normalized spacial score (nSPS) is 18.5. The molecule has 0 aliphatic carbocycles. The minimum absolute atomic E-state index is 0.219. The number of benzene rings is 1. The van der Waals surface area contributed by atoms with Crippen LogP contribution in [0.4, 0.5) is 0 Å². The Balaban J connectivity index is 1.96. The van der Waals surface area contributed by atoms with Gasteiger partial charge in [0.15, 0.2) is 0 Å². The summed E-state index contributed by atoms with van der Waals surface area (Å²) in [5.74, 6) is 0.414. The van der Waals surface area contributed by atoms with Crippen molar-refractivity contribution in [3.8, 4) is 5.75 Å². The third kappa shape index (κ3) is 3.28. The summed E-state index contributed by atoms with van der Waals surface area (Å²) in [6.45, 7) is 1.31. The minimum atomic E-state index is -0.405. The summed E-state index contributed by atoms with van der Waals surface area (Å²) in [4.78, 5) is 26.0. The van der Waals surface area contributed by atoms with E-state index in [9.17, 15) is 9.59 Å². The molecule has 2 heterocycles. The third-order valence-electron chi connectivity index (χ3n) is 4.50. The van der Waals surface area contributed by atoms with Gasteiger partial charge in [0.2, 0.25) is 0 Å². The van der Waals surface area contributed by atoms with Crippen LogP contribution >= 0.6 is 0 Å². The molecule has 1 aliphatic heterocycles. The molecule has 0 amide bonds. The number of fused-ring (bicyclic) bond motifs is 1. The average Bonchev–Trinajstić information content (AvgIpc) is 2.60. The van der Waals surface area contributed by atoms with Gasteiger partial charge in [0.25, 0.3) is 0 Å². The Hall–Kier alpha value is -2.34. The Morgan fingerprint density at radius 2 is 2.12 bits per heavy atom. The van der Waals surface area contributed by atoms with E-state index in [-0.39, 0.29) is 12.0 Å². The monoisotopic (exact) mass is 331 g/mol. The van der Waals surface area contributed by atoms with E-state index in [0.717, 1.165) is 36.8 Å². The molecule has 2 aromatic rings. The van der Waals surface area contributed by atoms with Gasteiger partial charge in [-0.05, 0) is 37.1 Å². The lowest BCUT2D eigenvalue weighted by atomic mass is 10.0. The molecule has 1 aromatic heterocycles. The third-order valence-corrected chi connectivity index (χ3v) is 4.50. The van der Waals surface area contributed by atoms with Crippen molar-refractivity contribution in [1.82, 2.24) is 4.90 Å². The summed E-state index contributed by atoms with van der Waals surface area (Å²) >= 11 is 0. The molecule has 0 saturated carbocycles. The van der Waals surface area contributed by atoms with Crippen LogP contribution in [0.25, 0.3) is 11.0 Å². The Labute approximate surface area is 140 Å². The van der Waals surface area contributed by atoms with Crippen molar-refractivity contribution in [3.05, 3.63) is 40.2 Å². The van der Waals surface area contributed by atoms with Gasteiger partial charge in [-0.25, -0.2) is 4.79 Å². The summed E-state index contributed by atoms with van der Waals surface area (Å²) in [5.41, 5.74) is 0.931. The second kappa shape index (κ2) is 7.05. The minimum Gasteiger partial charge on any atom is -0.497 e. The van der Waals surface area contributed by atoms with Gasteiger partial charge < -0.3 is 13.9 Å². The number of piperidine rings is 1. The molecule has 6 nitrogen and oxygen atoms in total. The molecule has 0 bridgehead atoms. The van der Waals surface area contributed by atoms with Crippen LogP contribution in [-0.4, -0.2) is 37.7 Å². The first-order valence-corrected chi connectivity index (χ1v) is 8.05. The van der Waals surface area contributed by atoms with E-state index in [1.165, 1.54) is 13.2 Å². The van der Waals surface area contributed by atoms with Gasteiger partial charge in [0.1, 0.15) is 17.4 Å². The Bertz CT molecular complexity index is 798. The summed E-state index contributed by atoms with van der Waals surface area (Å²) < 4.78 is 15.4. The maximum absolute atomic E-state index is 12.0. The van der Waals surface area contributed by atoms with E-state index < -0.39 is 5.63 Å². The molecule has 1 aliphatic rings. The highest BCUT2D eigenvalue weighted by Crippen LogP contribution is 2.26. The SMILES string of the molecule is COC(=O)[C@H]1CCCCN1Cc1cc(=O)oc2cc(OC)ccc12. The number of rotatable bonds is 4. The Morgan fingerprint density at radius 1 is 1.29 bits per heavy atom. The Morgan fingerprint density at radius 3 is 2.88 bits per heavy atom. The number of likely N-dealkylation sites (tertiary alicyclic amines) is 1. The molecule has 3 rings (SSSR count). The largest absolute Gasteiger partial charge is 0.497 e. The number of methoxy groups -OCH3 is 2. The molecule has 1 fully saturated rings. The summed E-state index contributed by atoms with van der Waals surface area (Å²) in [6, 6.07) is 6.65. The van der Waals surface area contributed by atoms with Crippen molar-refractivity contribution in [2.45, 2.75) is 31.8 Å². The highest BCUT2D eigenvalue weighted by atomic mass is 16.5. The van der Waals surface area contributed by atoms with Crippen molar-refractivity contribution in [1.29, 1.82) is 0 Å². The van der Waals surface area contributed by atoms with Crippen LogP contribution in [-0.2, 0) is 16.1 Å². The molecular formula is C18H21NO5. The smallest absolute Gasteiger partial charge is 0.336 e. The van der Waals surface area contributed by atoms with Crippen LogP contribution in [0.3, 0.4) is 0 Å². The molecule has 0 N–H and O–H groups in total. The fraction of sp³-hybridized carbons (Fsp3) is 0.444. The van der Waals surface area contributed by atoms with E-state index in [1.807, 2.05) is 12.1 Å². The predicted molar refractivity (Wildman–Crippen MR) is 89.1 cm³/mol. The lowest BCUT2D eigenvalue weighted by molar-refractivity contribution is -0.148. The van der Waals surface area contributed by atoms with E-state index in [4.69, 9.17) is 13.9 Å². The lowest BCUT2D eigenvalue weighted by Gasteiger charge is -2.33. The molecule has 1 aromatic carbocycles. The number of esters is 1. The fourth-order valence-corrected chi connectivity index (χ4v) is 3.27. The van der Waals surface area contributed by atoms with Gasteiger partial charge in [-0.2, -0.15) is 0 Å². The molecule has 24 heavy (non-hydrogen) atoms. The first-order chi connectivity index (χ1) is 11.6. The molecule has 0 spiro atoms. The van der Waals surface area contributed by atoms with Gasteiger partial charge in [0.05, 0.1) is 14.2 Å². The summed E-state index contributed by atoms with van der Waals surface area (Å²) in [7, 11) is 2.98. The van der Waals surface area contributed by atoms with Crippen molar-refractivity contribution in [2.75, 3.05) is 20.8 Å². The van der Waals surface area contributed by atoms with Crippen molar-refractivity contribution in [3.63, 3.8) is 0 Å². The van der Waals surface area contributed by atoms with Crippen LogP contribution < -0.4 is 10.4 Å². The number of nitrogens with zero attached hydrogens (tertiary/aromatic N) is 1. The van der Waals surface area contributed by atoms with Crippen molar-refractivity contribution >= 4 is 16.9 Å². The molecule has 0 unspecified atom stereocenters. The van der Waals surface area contributed by atoms with Gasteiger partial charge in [-0.15, -0.1) is 0 Å². The zero-order valence-corrected chi connectivity index (χ0v) is 13.9. The van der Waals surface area contributed by atoms with Crippen LogP contribution in [0.5, 0.6) is 5.75 Å². The average molecular weight is 331 g/mol. The maximum Gasteiger partial charge on any atom is 0.336 e. The molecule has 128 valence electrons. The predicted octanol–water partition coefficient (Wildman–Crippen LogP) is 2.33. The highest BCUT2D eigenvalue weighted by molar-refractivity contribution is 5.81. The number of hydrogen-bond acceptors (Lipinski definition) is 6. The van der Waals surface area contributed by atoms with Crippen molar-refractivity contribution < 1.29 is 18.7 Å². The van der Waals surface area contributed by atoms with Crippen molar-refractivity contribution in [2.24, 2.45) is 0 Å². The van der Waals surface area contributed by atoms with Crippen LogP contribution in [0.15, 0.2) is 33.5 Å². The molecule has 6 heteroatoms. The van der Waals surface area contributed by atoms with Gasteiger partial charge >= 0.3 is 11.6 Å². The standard InChI is InChI=1S/C18H21NO5/c1-22-13-6-7-14-12(9-17(20)24-16(14)10-13)11-19-8-4-3-5-15(19)18(21)23-2/h6-7,9-10,15H,3-5,8,11H2,1-2H3/t15-/m1/s1. The molecular weight excluding hydrogens is 310 g/mol. The quantitative estimate of drug-likeness (QED) is 0.633. The summed E-state index contributed by atoms with van der Waals surface area (Å²) in [6.07, 6.45) is 2.81. The van der Waals surface area contributed by atoms with Gasteiger partial charge in [-0.3, -0.25) is 9.69 Å². The van der Waals surface area contributed by atoms with Crippen LogP contribution in [0, 0.1) is 0 Å². The van der Waals surface area contributed by atoms with Crippen LogP contribution in [0.2, 0.25) is 0 Å². The number of carbonyl (C=O) groups is 1. The summed E-state index contributed by atoms with van der Waals surface area (Å²) in [5, 5.41) is 0.851. The number of hydrogen-bond donors (Lipinski definition) is 0. The Kier molecular flexibility index (Phi) is 4.85. The van der Waals surface area contributed by atoms with Gasteiger partial charge in [-0.1, -0.05) is 6.42 Å². The number of carbonyl (C=O) groups excluding carboxylic acids is 1. The van der Waals surface area contributed by atoms with Crippen LogP contribution in [0.1, 0.15) is 24.8 Å². The highest BCUT2D eigenvalue weighted by Gasteiger charge is 2.29. The zero-order chi connectivity index (χ0) is 17.1. The topological polar surface area (TPSA) is 69.0 Å². The van der Waals surface area contributed by atoms with E-state index in [1.54, 1.807) is 13.2 Å². The molecule has 1 atom stereocenters. The first kappa shape index (κ1) is 16.5. The zero-order valence-electron chi connectivity index (χ0n) is 13.9. The van der Waals surface area contributed by atoms with E-state index in [0.29, 0.717) is 17.9 Å². The maximum atomic E-state index is 12.0. The van der Waals surface area contributed by atoms with E-state index in [2.05, 4.69) is 4.90 Å². The number of ether oxygens (including phenoxy) is 2. The first-order valence-electron chi connectivity index (χ1n) is 8.05.